The average molecular weight is 288 g/mol. The molecule has 1 fully saturated rings. The molecule has 1 atom stereocenters. The Balaban J connectivity index is 2.42. The van der Waals surface area contributed by atoms with Crippen molar-refractivity contribution >= 4 is 21.8 Å². The smallest absolute Gasteiger partial charge is 0.220 e. The van der Waals surface area contributed by atoms with Crippen LogP contribution in [0, 0.1) is 5.82 Å². The van der Waals surface area contributed by atoms with Gasteiger partial charge in [-0.2, -0.15) is 0 Å². The van der Waals surface area contributed by atoms with Gasteiger partial charge >= 0.3 is 0 Å². The normalized spacial score (nSPS) is 19.7. The zero-order valence-corrected chi connectivity index (χ0v) is 10.3. The highest BCUT2D eigenvalue weighted by Crippen LogP contribution is 2.35. The molecule has 0 aliphatic carbocycles. The summed E-state index contributed by atoms with van der Waals surface area (Å²) < 4.78 is 19.3. The maximum atomic E-state index is 13.6. The molecule has 86 valence electrons. The number of amides is 1. The van der Waals surface area contributed by atoms with Gasteiger partial charge in [0.15, 0.2) is 11.6 Å². The van der Waals surface area contributed by atoms with Crippen LogP contribution in [0.1, 0.15) is 17.9 Å². The first-order valence-electron chi connectivity index (χ1n) is 4.91. The van der Waals surface area contributed by atoms with Crippen LogP contribution in [0.2, 0.25) is 0 Å². The SMILES string of the molecule is COc1c(F)cc(Br)cc1C1CNC(=O)C1. The highest BCUT2D eigenvalue weighted by molar-refractivity contribution is 9.10. The number of benzene rings is 1. The van der Waals surface area contributed by atoms with Crippen molar-refractivity contribution in [1.82, 2.24) is 5.32 Å². The summed E-state index contributed by atoms with van der Waals surface area (Å²) >= 11 is 3.24. The van der Waals surface area contributed by atoms with Gasteiger partial charge in [-0.15, -0.1) is 0 Å². The van der Waals surface area contributed by atoms with E-state index in [-0.39, 0.29) is 17.6 Å². The van der Waals surface area contributed by atoms with E-state index < -0.39 is 5.82 Å². The van der Waals surface area contributed by atoms with Gasteiger partial charge in [0, 0.05) is 28.9 Å². The highest BCUT2D eigenvalue weighted by Gasteiger charge is 2.27. The summed E-state index contributed by atoms with van der Waals surface area (Å²) in [4.78, 5) is 11.1. The van der Waals surface area contributed by atoms with Crippen LogP contribution >= 0.6 is 15.9 Å². The van der Waals surface area contributed by atoms with Crippen molar-refractivity contribution in [3.63, 3.8) is 0 Å². The molecule has 1 aromatic carbocycles. The lowest BCUT2D eigenvalue weighted by Gasteiger charge is -2.14. The molecule has 16 heavy (non-hydrogen) atoms. The third kappa shape index (κ3) is 2.04. The van der Waals surface area contributed by atoms with Crippen molar-refractivity contribution in [3.8, 4) is 5.75 Å². The fourth-order valence-corrected chi connectivity index (χ4v) is 2.37. The minimum atomic E-state index is -0.411. The summed E-state index contributed by atoms with van der Waals surface area (Å²) in [5.74, 6) is -0.210. The maximum Gasteiger partial charge on any atom is 0.220 e. The lowest BCUT2D eigenvalue weighted by Crippen LogP contribution is -2.13. The second kappa shape index (κ2) is 4.41. The zero-order chi connectivity index (χ0) is 11.7. The number of methoxy groups -OCH3 is 1. The average Bonchev–Trinajstić information content (AvgIpc) is 2.63. The number of hydrogen-bond donors (Lipinski definition) is 1. The number of carbonyl (C=O) groups excluding carboxylic acids is 1. The summed E-state index contributed by atoms with van der Waals surface area (Å²) in [6, 6.07) is 3.15. The lowest BCUT2D eigenvalue weighted by molar-refractivity contribution is -0.119. The van der Waals surface area contributed by atoms with Crippen LogP contribution in [0.4, 0.5) is 4.39 Å². The van der Waals surface area contributed by atoms with Gasteiger partial charge in [-0.25, -0.2) is 4.39 Å². The molecule has 0 saturated carbocycles. The van der Waals surface area contributed by atoms with E-state index >= 15 is 0 Å². The fraction of sp³-hybridized carbons (Fsp3) is 0.364. The molecule has 1 aliphatic rings. The Kier molecular flexibility index (Phi) is 3.14. The molecule has 1 heterocycles. The van der Waals surface area contributed by atoms with Crippen LogP contribution in [-0.2, 0) is 4.79 Å². The topological polar surface area (TPSA) is 38.3 Å². The van der Waals surface area contributed by atoms with Gasteiger partial charge in [0.1, 0.15) is 0 Å². The van der Waals surface area contributed by atoms with Gasteiger partial charge in [-0.05, 0) is 12.1 Å². The second-order valence-corrected chi connectivity index (χ2v) is 4.63. The fourth-order valence-electron chi connectivity index (χ4n) is 1.92. The number of ether oxygens (including phenoxy) is 1. The van der Waals surface area contributed by atoms with E-state index in [1.807, 2.05) is 0 Å². The van der Waals surface area contributed by atoms with Crippen molar-refractivity contribution in [1.29, 1.82) is 0 Å². The lowest BCUT2D eigenvalue weighted by atomic mass is 9.97. The van der Waals surface area contributed by atoms with Gasteiger partial charge in [0.25, 0.3) is 0 Å². The third-order valence-electron chi connectivity index (χ3n) is 2.66. The molecule has 1 aliphatic heterocycles. The monoisotopic (exact) mass is 287 g/mol. The predicted molar refractivity (Wildman–Crippen MR) is 61.0 cm³/mol. The van der Waals surface area contributed by atoms with E-state index in [2.05, 4.69) is 21.2 Å². The first-order valence-corrected chi connectivity index (χ1v) is 5.70. The van der Waals surface area contributed by atoms with Crippen molar-refractivity contribution in [3.05, 3.63) is 28.0 Å². The molecule has 5 heteroatoms. The molecular weight excluding hydrogens is 277 g/mol. The van der Waals surface area contributed by atoms with Gasteiger partial charge in [-0.1, -0.05) is 15.9 Å². The quantitative estimate of drug-likeness (QED) is 0.906. The van der Waals surface area contributed by atoms with Crippen LogP contribution in [0.3, 0.4) is 0 Å². The second-order valence-electron chi connectivity index (χ2n) is 3.72. The van der Waals surface area contributed by atoms with E-state index in [0.717, 1.165) is 5.56 Å². The summed E-state index contributed by atoms with van der Waals surface area (Å²) in [5, 5.41) is 2.73. The van der Waals surface area contributed by atoms with Crippen LogP contribution in [0.15, 0.2) is 16.6 Å². The molecule has 1 amide bonds. The first kappa shape index (κ1) is 11.4. The van der Waals surface area contributed by atoms with Crippen molar-refractivity contribution in [2.24, 2.45) is 0 Å². The molecule has 0 radical (unpaired) electrons. The Morgan fingerprint density at radius 2 is 2.31 bits per heavy atom. The van der Waals surface area contributed by atoms with Crippen molar-refractivity contribution < 1.29 is 13.9 Å². The molecule has 1 aromatic rings. The van der Waals surface area contributed by atoms with Gasteiger partial charge < -0.3 is 10.1 Å². The first-order chi connectivity index (χ1) is 7.61. The molecule has 0 aromatic heterocycles. The summed E-state index contributed by atoms with van der Waals surface area (Å²) in [6.45, 7) is 0.533. The van der Waals surface area contributed by atoms with Gasteiger partial charge in [0.2, 0.25) is 5.91 Å². The van der Waals surface area contributed by atoms with Crippen LogP contribution in [-0.4, -0.2) is 19.6 Å². The number of hydrogen-bond acceptors (Lipinski definition) is 2. The molecule has 1 saturated heterocycles. The van der Waals surface area contributed by atoms with Crippen LogP contribution in [0.5, 0.6) is 5.75 Å². The van der Waals surface area contributed by atoms with E-state index in [9.17, 15) is 9.18 Å². The third-order valence-corrected chi connectivity index (χ3v) is 3.12. The van der Waals surface area contributed by atoms with Gasteiger partial charge in [-0.3, -0.25) is 4.79 Å². The number of rotatable bonds is 2. The molecule has 3 nitrogen and oxygen atoms in total. The van der Waals surface area contributed by atoms with Crippen molar-refractivity contribution in [2.45, 2.75) is 12.3 Å². The highest BCUT2D eigenvalue weighted by atomic mass is 79.9. The summed E-state index contributed by atoms with van der Waals surface area (Å²) in [7, 11) is 1.43. The number of carbonyl (C=O) groups is 1. The van der Waals surface area contributed by atoms with Crippen LogP contribution < -0.4 is 10.1 Å². The molecule has 1 N–H and O–H groups in total. The number of halogens is 2. The van der Waals surface area contributed by atoms with E-state index in [1.165, 1.54) is 13.2 Å². The predicted octanol–water partition coefficient (Wildman–Crippen LogP) is 2.20. The van der Waals surface area contributed by atoms with E-state index in [4.69, 9.17) is 4.74 Å². The zero-order valence-electron chi connectivity index (χ0n) is 8.72. The Hall–Kier alpha value is -1.10. The van der Waals surface area contributed by atoms with Gasteiger partial charge in [0.05, 0.1) is 7.11 Å². The molecule has 2 rings (SSSR count). The molecule has 1 unspecified atom stereocenters. The Labute approximate surface area is 101 Å². The van der Waals surface area contributed by atoms with Crippen molar-refractivity contribution in [2.75, 3.05) is 13.7 Å². The van der Waals surface area contributed by atoms with E-state index in [1.54, 1.807) is 6.07 Å². The Bertz CT molecular complexity index is 436. The molecular formula is C11H11BrFNO2. The van der Waals surface area contributed by atoms with E-state index in [0.29, 0.717) is 17.4 Å². The largest absolute Gasteiger partial charge is 0.493 e. The summed E-state index contributed by atoms with van der Waals surface area (Å²) in [5.41, 5.74) is 0.729. The Morgan fingerprint density at radius 3 is 2.88 bits per heavy atom. The minimum Gasteiger partial charge on any atom is -0.493 e. The number of nitrogens with one attached hydrogen (secondary N) is 1. The standard InChI is InChI=1S/C11H11BrFNO2/c1-16-11-8(3-7(12)4-9(11)13)6-2-10(15)14-5-6/h3-4,6H,2,5H2,1H3,(H,14,15). The summed E-state index contributed by atoms with van der Waals surface area (Å²) in [6.07, 6.45) is 0.381. The van der Waals surface area contributed by atoms with Crippen LogP contribution in [0.25, 0.3) is 0 Å². The maximum absolute atomic E-state index is 13.6. The Morgan fingerprint density at radius 1 is 1.56 bits per heavy atom. The molecule has 0 bridgehead atoms. The minimum absolute atomic E-state index is 0.00700. The molecule has 0 spiro atoms.